The van der Waals surface area contributed by atoms with Gasteiger partial charge in [0.15, 0.2) is 5.17 Å². The van der Waals surface area contributed by atoms with Crippen molar-refractivity contribution in [3.63, 3.8) is 0 Å². The third kappa shape index (κ3) is 2.73. The molecule has 2 N–H and O–H groups in total. The normalized spacial score (nSPS) is 28.6. The Labute approximate surface area is 80.5 Å². The van der Waals surface area contributed by atoms with E-state index < -0.39 is 4.33 Å². The molecule has 2 nitrogen and oxygen atoms in total. The lowest BCUT2D eigenvalue weighted by Crippen LogP contribution is -2.08. The molecule has 11 heavy (non-hydrogen) atoms. The monoisotopic (exact) mass is 212 g/mol. The first-order chi connectivity index (χ1) is 5.06. The maximum absolute atomic E-state index is 5.81. The number of thioether (sulfide) groups is 1. The Kier molecular flexibility index (Phi) is 2.95. The first-order valence-corrected chi connectivity index (χ1v) is 5.03. The van der Waals surface area contributed by atoms with Crippen molar-refractivity contribution in [1.29, 1.82) is 0 Å². The van der Waals surface area contributed by atoms with Crippen LogP contribution in [0.4, 0.5) is 0 Å². The SMILES string of the molecule is CN=C(N)SCC1CC1(Cl)Cl. The van der Waals surface area contributed by atoms with Crippen molar-refractivity contribution in [2.75, 3.05) is 12.8 Å². The van der Waals surface area contributed by atoms with Crippen LogP contribution in [0.3, 0.4) is 0 Å². The van der Waals surface area contributed by atoms with Gasteiger partial charge in [-0.3, -0.25) is 4.99 Å². The van der Waals surface area contributed by atoms with Gasteiger partial charge in [0.2, 0.25) is 0 Å². The minimum Gasteiger partial charge on any atom is -0.379 e. The molecular formula is C6H10Cl2N2S. The second-order valence-corrected chi connectivity index (χ2v) is 5.12. The van der Waals surface area contributed by atoms with Gasteiger partial charge in [-0.2, -0.15) is 0 Å². The molecule has 0 aromatic rings. The summed E-state index contributed by atoms with van der Waals surface area (Å²) < 4.78 is -0.485. The van der Waals surface area contributed by atoms with Gasteiger partial charge in [0, 0.05) is 18.7 Å². The van der Waals surface area contributed by atoms with E-state index in [1.807, 2.05) is 0 Å². The van der Waals surface area contributed by atoms with Crippen LogP contribution in [-0.4, -0.2) is 22.3 Å². The van der Waals surface area contributed by atoms with Crippen LogP contribution in [0.25, 0.3) is 0 Å². The maximum atomic E-state index is 5.81. The second kappa shape index (κ2) is 3.42. The Morgan fingerprint density at radius 1 is 1.82 bits per heavy atom. The summed E-state index contributed by atoms with van der Waals surface area (Å²) in [6, 6.07) is 0. The van der Waals surface area contributed by atoms with Gasteiger partial charge in [-0.25, -0.2) is 0 Å². The molecule has 0 radical (unpaired) electrons. The second-order valence-electron chi connectivity index (χ2n) is 2.53. The third-order valence-electron chi connectivity index (χ3n) is 1.61. The number of halogens is 2. The Balaban J connectivity index is 2.16. The van der Waals surface area contributed by atoms with Crippen LogP contribution >= 0.6 is 35.0 Å². The van der Waals surface area contributed by atoms with E-state index in [2.05, 4.69) is 4.99 Å². The average molecular weight is 213 g/mol. The summed E-state index contributed by atoms with van der Waals surface area (Å²) in [5.41, 5.74) is 5.46. The number of aliphatic imine (C=N–C) groups is 1. The van der Waals surface area contributed by atoms with E-state index in [0.717, 1.165) is 12.2 Å². The molecule has 1 atom stereocenters. The van der Waals surface area contributed by atoms with Crippen molar-refractivity contribution in [3.8, 4) is 0 Å². The van der Waals surface area contributed by atoms with Gasteiger partial charge in [0.1, 0.15) is 4.33 Å². The fourth-order valence-electron chi connectivity index (χ4n) is 0.701. The van der Waals surface area contributed by atoms with Crippen LogP contribution in [-0.2, 0) is 0 Å². The first-order valence-electron chi connectivity index (χ1n) is 3.29. The Hall–Kier alpha value is 0.400. The predicted octanol–water partition coefficient (Wildman–Crippen LogP) is 1.86. The van der Waals surface area contributed by atoms with Crippen molar-refractivity contribution >= 4 is 40.1 Å². The van der Waals surface area contributed by atoms with Gasteiger partial charge < -0.3 is 5.73 Å². The Morgan fingerprint density at radius 3 is 2.73 bits per heavy atom. The van der Waals surface area contributed by atoms with Crippen molar-refractivity contribution in [2.45, 2.75) is 10.8 Å². The molecule has 0 aromatic heterocycles. The number of hydrogen-bond donors (Lipinski definition) is 1. The summed E-state index contributed by atoms with van der Waals surface area (Å²) in [4.78, 5) is 3.81. The summed E-state index contributed by atoms with van der Waals surface area (Å²) in [5, 5.41) is 0.598. The molecule has 1 rings (SSSR count). The molecule has 64 valence electrons. The fourth-order valence-corrected chi connectivity index (χ4v) is 2.31. The lowest BCUT2D eigenvalue weighted by molar-refractivity contribution is 0.983. The minimum absolute atomic E-state index is 0.385. The number of alkyl halides is 2. The topological polar surface area (TPSA) is 38.4 Å². The average Bonchev–Trinajstić information content (AvgIpc) is 2.54. The highest BCUT2D eigenvalue weighted by Gasteiger charge is 2.51. The molecule has 0 spiro atoms. The molecule has 0 saturated heterocycles. The maximum Gasteiger partial charge on any atom is 0.153 e. The Bertz CT molecular complexity index is 181. The van der Waals surface area contributed by atoms with E-state index in [1.165, 1.54) is 11.8 Å². The number of rotatable bonds is 2. The van der Waals surface area contributed by atoms with Gasteiger partial charge >= 0.3 is 0 Å². The lowest BCUT2D eigenvalue weighted by atomic mass is 10.5. The van der Waals surface area contributed by atoms with Crippen molar-refractivity contribution in [2.24, 2.45) is 16.6 Å². The number of amidine groups is 1. The molecule has 0 bridgehead atoms. The fraction of sp³-hybridized carbons (Fsp3) is 0.833. The number of nitrogens with two attached hydrogens (primary N) is 1. The van der Waals surface area contributed by atoms with E-state index >= 15 is 0 Å². The zero-order valence-electron chi connectivity index (χ0n) is 6.18. The molecule has 1 saturated carbocycles. The van der Waals surface area contributed by atoms with Gasteiger partial charge in [-0.15, -0.1) is 23.2 Å². The quantitative estimate of drug-likeness (QED) is 0.432. The smallest absolute Gasteiger partial charge is 0.153 e. The summed E-state index contributed by atoms with van der Waals surface area (Å²) in [5.74, 6) is 1.26. The van der Waals surface area contributed by atoms with Crippen LogP contribution < -0.4 is 5.73 Å². The van der Waals surface area contributed by atoms with Gasteiger partial charge in [0.25, 0.3) is 0 Å². The standard InChI is InChI=1S/C6H10Cl2N2S/c1-10-5(9)11-3-4-2-6(4,7)8/h4H,2-3H2,1H3,(H2,9,10). The van der Waals surface area contributed by atoms with Gasteiger partial charge in [-0.05, 0) is 6.42 Å². The van der Waals surface area contributed by atoms with E-state index in [1.54, 1.807) is 7.05 Å². The van der Waals surface area contributed by atoms with Crippen LogP contribution in [0.15, 0.2) is 4.99 Å². The Morgan fingerprint density at radius 2 is 2.36 bits per heavy atom. The number of hydrogen-bond acceptors (Lipinski definition) is 2. The van der Waals surface area contributed by atoms with E-state index in [4.69, 9.17) is 28.9 Å². The highest BCUT2D eigenvalue weighted by atomic mass is 35.5. The lowest BCUT2D eigenvalue weighted by Gasteiger charge is -1.98. The zero-order valence-corrected chi connectivity index (χ0v) is 8.51. The molecule has 1 fully saturated rings. The van der Waals surface area contributed by atoms with E-state index in [0.29, 0.717) is 11.1 Å². The van der Waals surface area contributed by atoms with Gasteiger partial charge in [-0.1, -0.05) is 11.8 Å². The molecule has 0 amide bonds. The molecule has 1 unspecified atom stereocenters. The van der Waals surface area contributed by atoms with Crippen LogP contribution in [0.5, 0.6) is 0 Å². The van der Waals surface area contributed by atoms with Crippen LogP contribution in [0.1, 0.15) is 6.42 Å². The molecule has 0 aliphatic heterocycles. The van der Waals surface area contributed by atoms with Crippen molar-refractivity contribution in [1.82, 2.24) is 0 Å². The first kappa shape index (κ1) is 9.49. The van der Waals surface area contributed by atoms with Crippen LogP contribution in [0, 0.1) is 5.92 Å². The van der Waals surface area contributed by atoms with E-state index in [-0.39, 0.29) is 0 Å². The van der Waals surface area contributed by atoms with Crippen molar-refractivity contribution < 1.29 is 0 Å². The number of nitrogens with zero attached hydrogens (tertiary/aromatic N) is 1. The van der Waals surface area contributed by atoms with E-state index in [9.17, 15) is 0 Å². The summed E-state index contributed by atoms with van der Waals surface area (Å²) in [7, 11) is 1.67. The minimum atomic E-state index is -0.485. The highest BCUT2D eigenvalue weighted by molar-refractivity contribution is 8.13. The highest BCUT2D eigenvalue weighted by Crippen LogP contribution is 2.54. The molecule has 5 heteroatoms. The summed E-state index contributed by atoms with van der Waals surface area (Å²) >= 11 is 13.1. The largest absolute Gasteiger partial charge is 0.379 e. The van der Waals surface area contributed by atoms with Crippen molar-refractivity contribution in [3.05, 3.63) is 0 Å². The molecule has 1 aliphatic carbocycles. The summed E-state index contributed by atoms with van der Waals surface area (Å²) in [6.07, 6.45) is 0.875. The molecule has 0 heterocycles. The third-order valence-corrected chi connectivity index (χ3v) is 3.58. The zero-order chi connectivity index (χ0) is 8.48. The predicted molar refractivity (Wildman–Crippen MR) is 52.5 cm³/mol. The van der Waals surface area contributed by atoms with Crippen LogP contribution in [0.2, 0.25) is 0 Å². The summed E-state index contributed by atoms with van der Waals surface area (Å²) in [6.45, 7) is 0. The molecule has 1 aliphatic rings. The molecule has 0 aromatic carbocycles. The molecular weight excluding hydrogens is 203 g/mol. The van der Waals surface area contributed by atoms with Gasteiger partial charge in [0.05, 0.1) is 0 Å².